The van der Waals surface area contributed by atoms with Crippen LogP contribution in [0, 0.1) is 25.7 Å². The molecule has 0 fully saturated rings. The first kappa shape index (κ1) is 19.7. The van der Waals surface area contributed by atoms with Gasteiger partial charge in [-0.1, -0.05) is 29.5 Å². The van der Waals surface area contributed by atoms with Gasteiger partial charge in [-0.15, -0.1) is 0 Å². The van der Waals surface area contributed by atoms with Crippen molar-refractivity contribution in [2.75, 3.05) is 20.6 Å². The highest BCUT2D eigenvalue weighted by atomic mass is 32.2. The number of sulfonamides is 1. The zero-order valence-electron chi connectivity index (χ0n) is 15.3. The summed E-state index contributed by atoms with van der Waals surface area (Å²) in [7, 11) is -0.208. The van der Waals surface area contributed by atoms with Crippen molar-refractivity contribution in [1.29, 1.82) is 0 Å². The molecule has 5 nitrogen and oxygen atoms in total. The highest BCUT2D eigenvalue weighted by Gasteiger charge is 2.15. The van der Waals surface area contributed by atoms with E-state index in [-0.39, 0.29) is 17.3 Å². The Morgan fingerprint density at radius 1 is 1.08 bits per heavy atom. The first-order valence-electron chi connectivity index (χ1n) is 8.08. The van der Waals surface area contributed by atoms with Gasteiger partial charge in [0.2, 0.25) is 10.0 Å². The van der Waals surface area contributed by atoms with Gasteiger partial charge in [0, 0.05) is 25.2 Å². The molecule has 0 bridgehead atoms. The van der Waals surface area contributed by atoms with Crippen LogP contribution in [0.4, 0.5) is 0 Å². The lowest BCUT2D eigenvalue weighted by molar-refractivity contribution is 0.0827. The van der Waals surface area contributed by atoms with Gasteiger partial charge in [-0.25, -0.2) is 8.42 Å². The molecule has 0 radical (unpaired) electrons. The molecular weight excluding hydrogens is 348 g/mol. The fraction of sp³-hybridized carbons (Fsp3) is 0.250. The molecule has 2 rings (SSSR count). The highest BCUT2D eigenvalue weighted by Crippen LogP contribution is 2.15. The molecule has 0 aliphatic rings. The van der Waals surface area contributed by atoms with E-state index in [4.69, 9.17) is 0 Å². The maximum atomic E-state index is 12.3. The Bertz CT molecular complexity index is 966. The summed E-state index contributed by atoms with van der Waals surface area (Å²) in [6.45, 7) is 3.69. The fourth-order valence-electron chi connectivity index (χ4n) is 2.41. The standard InChI is InChI=1S/C20H22N2O3S/c1-15-7-12-19(16(2)14-15)26(24,25)21-13-5-6-17-8-10-18(11-9-17)20(23)22(3)4/h7-12,14,21H,13H2,1-4H3. The molecule has 0 atom stereocenters. The lowest BCUT2D eigenvalue weighted by Crippen LogP contribution is -2.24. The first-order chi connectivity index (χ1) is 12.2. The Hall–Kier alpha value is -2.62. The minimum atomic E-state index is -3.59. The molecule has 1 amide bonds. The minimum absolute atomic E-state index is 0.00797. The van der Waals surface area contributed by atoms with Crippen LogP contribution in [-0.4, -0.2) is 39.9 Å². The molecule has 0 saturated heterocycles. The number of carbonyl (C=O) groups is 1. The summed E-state index contributed by atoms with van der Waals surface area (Å²) in [6.07, 6.45) is 0. The van der Waals surface area contributed by atoms with Crippen LogP contribution >= 0.6 is 0 Å². The van der Waals surface area contributed by atoms with E-state index in [2.05, 4.69) is 16.6 Å². The number of benzene rings is 2. The zero-order chi connectivity index (χ0) is 19.3. The second-order valence-corrected chi connectivity index (χ2v) is 7.91. The van der Waals surface area contributed by atoms with Crippen LogP contribution in [0.5, 0.6) is 0 Å². The third-order valence-electron chi connectivity index (χ3n) is 3.74. The van der Waals surface area contributed by atoms with Gasteiger partial charge in [-0.3, -0.25) is 4.79 Å². The van der Waals surface area contributed by atoms with Crippen molar-refractivity contribution in [2.24, 2.45) is 0 Å². The number of nitrogens with zero attached hydrogens (tertiary/aromatic N) is 1. The van der Waals surface area contributed by atoms with E-state index in [1.807, 2.05) is 13.0 Å². The summed E-state index contributed by atoms with van der Waals surface area (Å²) in [4.78, 5) is 13.6. The molecule has 6 heteroatoms. The molecule has 26 heavy (non-hydrogen) atoms. The largest absolute Gasteiger partial charge is 0.345 e. The van der Waals surface area contributed by atoms with E-state index >= 15 is 0 Å². The second-order valence-electron chi connectivity index (χ2n) is 6.17. The Morgan fingerprint density at radius 3 is 2.31 bits per heavy atom. The Morgan fingerprint density at radius 2 is 1.73 bits per heavy atom. The third-order valence-corrected chi connectivity index (χ3v) is 5.30. The van der Waals surface area contributed by atoms with E-state index in [0.29, 0.717) is 16.7 Å². The van der Waals surface area contributed by atoms with Crippen LogP contribution in [0.3, 0.4) is 0 Å². The summed E-state index contributed by atoms with van der Waals surface area (Å²) in [5.41, 5.74) is 3.01. The molecule has 2 aromatic rings. The Balaban J connectivity index is 2.03. The van der Waals surface area contributed by atoms with E-state index in [9.17, 15) is 13.2 Å². The van der Waals surface area contributed by atoms with Crippen LogP contribution in [0.1, 0.15) is 27.0 Å². The molecule has 0 aromatic heterocycles. The molecule has 0 aliphatic heterocycles. The maximum absolute atomic E-state index is 12.3. The van der Waals surface area contributed by atoms with Gasteiger partial charge in [0.15, 0.2) is 0 Å². The number of hydrogen-bond donors (Lipinski definition) is 1. The summed E-state index contributed by atoms with van der Waals surface area (Å²) in [6, 6.07) is 12.1. The summed E-state index contributed by atoms with van der Waals surface area (Å²) >= 11 is 0. The average Bonchev–Trinajstić information content (AvgIpc) is 2.58. The maximum Gasteiger partial charge on any atom is 0.253 e. The predicted molar refractivity (Wildman–Crippen MR) is 102 cm³/mol. The van der Waals surface area contributed by atoms with Gasteiger partial charge in [-0.05, 0) is 49.7 Å². The molecule has 0 unspecified atom stereocenters. The molecule has 0 spiro atoms. The third kappa shape index (κ3) is 4.94. The van der Waals surface area contributed by atoms with Crippen molar-refractivity contribution in [3.05, 3.63) is 64.7 Å². The summed E-state index contributed by atoms with van der Waals surface area (Å²) in [5, 5.41) is 0. The second kappa shape index (κ2) is 8.17. The van der Waals surface area contributed by atoms with Crippen LogP contribution in [0.2, 0.25) is 0 Å². The quantitative estimate of drug-likeness (QED) is 0.840. The average molecular weight is 370 g/mol. The molecule has 0 heterocycles. The van der Waals surface area contributed by atoms with Gasteiger partial charge in [0.05, 0.1) is 11.4 Å². The topological polar surface area (TPSA) is 66.5 Å². The van der Waals surface area contributed by atoms with Crippen molar-refractivity contribution >= 4 is 15.9 Å². The summed E-state index contributed by atoms with van der Waals surface area (Å²) < 4.78 is 27.2. The van der Waals surface area contributed by atoms with Crippen molar-refractivity contribution in [1.82, 2.24) is 9.62 Å². The van der Waals surface area contributed by atoms with Gasteiger partial charge < -0.3 is 4.90 Å². The number of nitrogens with one attached hydrogen (secondary N) is 1. The number of hydrogen-bond acceptors (Lipinski definition) is 3. The summed E-state index contributed by atoms with van der Waals surface area (Å²) in [5.74, 6) is 5.60. The van der Waals surface area contributed by atoms with Crippen LogP contribution in [-0.2, 0) is 10.0 Å². The zero-order valence-corrected chi connectivity index (χ0v) is 16.1. The minimum Gasteiger partial charge on any atom is -0.345 e. The van der Waals surface area contributed by atoms with Crippen LogP contribution in [0.25, 0.3) is 0 Å². The number of carbonyl (C=O) groups excluding carboxylic acids is 1. The molecule has 0 saturated carbocycles. The Kier molecular flexibility index (Phi) is 6.19. The van der Waals surface area contributed by atoms with Gasteiger partial charge in [0.25, 0.3) is 5.91 Å². The van der Waals surface area contributed by atoms with E-state index in [1.54, 1.807) is 57.4 Å². The fourth-order valence-corrected chi connectivity index (χ4v) is 3.56. The van der Waals surface area contributed by atoms with Gasteiger partial charge >= 0.3 is 0 Å². The highest BCUT2D eigenvalue weighted by molar-refractivity contribution is 7.89. The monoisotopic (exact) mass is 370 g/mol. The number of aryl methyl sites for hydroxylation is 2. The van der Waals surface area contributed by atoms with Crippen molar-refractivity contribution in [3.8, 4) is 11.8 Å². The van der Waals surface area contributed by atoms with E-state index in [1.165, 1.54) is 4.90 Å². The molecule has 136 valence electrons. The number of amides is 1. The predicted octanol–water partition coefficient (Wildman–Crippen LogP) is 2.34. The lowest BCUT2D eigenvalue weighted by Gasteiger charge is -2.09. The molecule has 1 N–H and O–H groups in total. The van der Waals surface area contributed by atoms with E-state index in [0.717, 1.165) is 5.56 Å². The van der Waals surface area contributed by atoms with Gasteiger partial charge in [0.1, 0.15) is 0 Å². The molecule has 0 aliphatic carbocycles. The molecular formula is C20H22N2O3S. The first-order valence-corrected chi connectivity index (χ1v) is 9.56. The smallest absolute Gasteiger partial charge is 0.253 e. The van der Waals surface area contributed by atoms with E-state index < -0.39 is 10.0 Å². The molecule has 2 aromatic carbocycles. The van der Waals surface area contributed by atoms with Gasteiger partial charge in [-0.2, -0.15) is 4.72 Å². The van der Waals surface area contributed by atoms with Crippen molar-refractivity contribution < 1.29 is 13.2 Å². The van der Waals surface area contributed by atoms with Crippen molar-refractivity contribution in [2.45, 2.75) is 18.7 Å². The lowest BCUT2D eigenvalue weighted by atomic mass is 10.1. The van der Waals surface area contributed by atoms with Crippen molar-refractivity contribution in [3.63, 3.8) is 0 Å². The van der Waals surface area contributed by atoms with Crippen LogP contribution in [0.15, 0.2) is 47.4 Å². The normalized spacial score (nSPS) is 10.8. The number of rotatable bonds is 4. The Labute approximate surface area is 155 Å². The van der Waals surface area contributed by atoms with Crippen LogP contribution < -0.4 is 4.72 Å². The SMILES string of the molecule is Cc1ccc(S(=O)(=O)NCC#Cc2ccc(C(=O)N(C)C)cc2)c(C)c1.